The second-order valence-electron chi connectivity index (χ2n) is 6.70. The number of hydrogen-bond donors (Lipinski definition) is 1. The molecule has 1 amide bonds. The van der Waals surface area contributed by atoms with Crippen LogP contribution in [0.15, 0.2) is 36.4 Å². The third-order valence-corrected chi connectivity index (χ3v) is 5.30. The third-order valence-electron chi connectivity index (χ3n) is 5.30. The highest BCUT2D eigenvalue weighted by molar-refractivity contribution is 5.89. The minimum atomic E-state index is -0.824. The van der Waals surface area contributed by atoms with E-state index >= 15 is 0 Å². The van der Waals surface area contributed by atoms with Gasteiger partial charge in [-0.1, -0.05) is 24.3 Å². The van der Waals surface area contributed by atoms with E-state index in [-0.39, 0.29) is 17.9 Å². The Morgan fingerprint density at radius 3 is 2.52 bits per heavy atom. The quantitative estimate of drug-likeness (QED) is 0.927. The van der Waals surface area contributed by atoms with Crippen LogP contribution in [0, 0.1) is 5.92 Å². The summed E-state index contributed by atoms with van der Waals surface area (Å²) in [4.78, 5) is 25.9. The number of aliphatic carboxylic acids is 1. The number of carbonyl (C=O) groups excluding carboxylic acids is 1. The lowest BCUT2D eigenvalue weighted by atomic mass is 9.96. The second kappa shape index (κ2) is 6.75. The van der Waals surface area contributed by atoms with Gasteiger partial charge in [0.2, 0.25) is 5.91 Å². The molecule has 0 radical (unpaired) electrons. The topological polar surface area (TPSA) is 66.8 Å². The maximum atomic E-state index is 12.9. The lowest BCUT2D eigenvalue weighted by Crippen LogP contribution is -2.39. The Balaban J connectivity index is 1.82. The van der Waals surface area contributed by atoms with Crippen molar-refractivity contribution in [3.63, 3.8) is 0 Å². The lowest BCUT2D eigenvalue weighted by molar-refractivity contribution is -0.143. The van der Waals surface area contributed by atoms with E-state index in [9.17, 15) is 14.7 Å². The molecule has 1 N–H and O–H groups in total. The minimum Gasteiger partial charge on any atom is -0.497 e. The van der Waals surface area contributed by atoms with Crippen molar-refractivity contribution in [3.05, 3.63) is 42.0 Å². The Bertz CT molecular complexity index is 816. The average molecular weight is 341 g/mol. The molecule has 2 unspecified atom stereocenters. The molecule has 2 aromatic rings. The number of fused-ring (bicyclic) bond motifs is 1. The Morgan fingerprint density at radius 1 is 1.20 bits per heavy atom. The monoisotopic (exact) mass is 341 g/mol. The van der Waals surface area contributed by atoms with Gasteiger partial charge in [0.25, 0.3) is 0 Å². The smallest absolute Gasteiger partial charge is 0.308 e. The number of methoxy groups -OCH3 is 1. The summed E-state index contributed by atoms with van der Waals surface area (Å²) in [5.74, 6) is -0.809. The maximum Gasteiger partial charge on any atom is 0.308 e. The SMILES string of the molecule is COc1ccc2cc([C@H](C)C(=O)N3CCC(C(=O)O)C3C)ccc2c1. The molecule has 1 saturated heterocycles. The highest BCUT2D eigenvalue weighted by atomic mass is 16.5. The number of carboxylic acid groups (broad SMARTS) is 1. The molecular formula is C20H23NO4. The van der Waals surface area contributed by atoms with E-state index in [1.54, 1.807) is 12.0 Å². The van der Waals surface area contributed by atoms with Crippen LogP contribution in [0.3, 0.4) is 0 Å². The predicted octanol–water partition coefficient (Wildman–Crippen LogP) is 3.27. The zero-order valence-electron chi connectivity index (χ0n) is 14.7. The summed E-state index contributed by atoms with van der Waals surface area (Å²) in [7, 11) is 1.64. The van der Waals surface area contributed by atoms with Crippen LogP contribution in [0.5, 0.6) is 5.75 Å². The molecule has 0 aliphatic carbocycles. The van der Waals surface area contributed by atoms with E-state index in [4.69, 9.17) is 4.74 Å². The first-order valence-corrected chi connectivity index (χ1v) is 8.53. The number of nitrogens with zero attached hydrogens (tertiary/aromatic N) is 1. The molecule has 1 heterocycles. The van der Waals surface area contributed by atoms with Gasteiger partial charge in [0.1, 0.15) is 5.75 Å². The second-order valence-corrected chi connectivity index (χ2v) is 6.70. The molecule has 0 aromatic heterocycles. The summed E-state index contributed by atoms with van der Waals surface area (Å²) in [6.07, 6.45) is 0.520. The van der Waals surface area contributed by atoms with Crippen LogP contribution in [0.4, 0.5) is 0 Å². The number of likely N-dealkylation sites (tertiary alicyclic amines) is 1. The summed E-state index contributed by atoms with van der Waals surface area (Å²) >= 11 is 0. The summed E-state index contributed by atoms with van der Waals surface area (Å²) in [6, 6.07) is 11.5. The van der Waals surface area contributed by atoms with E-state index in [0.29, 0.717) is 13.0 Å². The van der Waals surface area contributed by atoms with Gasteiger partial charge in [0.15, 0.2) is 0 Å². The van der Waals surface area contributed by atoms with E-state index in [1.165, 1.54) is 0 Å². The van der Waals surface area contributed by atoms with Crippen LogP contribution in [-0.4, -0.2) is 41.6 Å². The number of amides is 1. The highest BCUT2D eigenvalue weighted by Crippen LogP contribution is 2.30. The molecule has 0 spiro atoms. The molecule has 3 atom stereocenters. The molecule has 5 heteroatoms. The fraction of sp³-hybridized carbons (Fsp3) is 0.400. The van der Waals surface area contributed by atoms with Gasteiger partial charge < -0.3 is 14.7 Å². The van der Waals surface area contributed by atoms with E-state index in [1.807, 2.05) is 50.2 Å². The molecule has 1 aliphatic rings. The number of carboxylic acids is 1. The van der Waals surface area contributed by atoms with Crippen molar-refractivity contribution in [3.8, 4) is 5.75 Å². The van der Waals surface area contributed by atoms with Crippen molar-refractivity contribution in [1.29, 1.82) is 0 Å². The van der Waals surface area contributed by atoms with Gasteiger partial charge >= 0.3 is 5.97 Å². The molecule has 5 nitrogen and oxygen atoms in total. The van der Waals surface area contributed by atoms with Crippen LogP contribution in [0.1, 0.15) is 31.7 Å². The number of hydrogen-bond acceptors (Lipinski definition) is 3. The summed E-state index contributed by atoms with van der Waals surface area (Å²) < 4.78 is 5.24. The molecule has 0 bridgehead atoms. The van der Waals surface area contributed by atoms with Crippen LogP contribution in [0.25, 0.3) is 10.8 Å². The van der Waals surface area contributed by atoms with Gasteiger partial charge in [0.05, 0.1) is 18.9 Å². The van der Waals surface area contributed by atoms with Crippen molar-refractivity contribution >= 4 is 22.6 Å². The van der Waals surface area contributed by atoms with Crippen molar-refractivity contribution in [2.45, 2.75) is 32.2 Å². The minimum absolute atomic E-state index is 0.0101. The molecule has 2 aromatic carbocycles. The zero-order chi connectivity index (χ0) is 18.1. The normalized spacial score (nSPS) is 21.3. The van der Waals surface area contributed by atoms with Gasteiger partial charge in [-0.3, -0.25) is 9.59 Å². The Kier molecular flexibility index (Phi) is 4.66. The number of ether oxygens (including phenoxy) is 1. The largest absolute Gasteiger partial charge is 0.497 e. The van der Waals surface area contributed by atoms with Gasteiger partial charge in [0, 0.05) is 12.6 Å². The Morgan fingerprint density at radius 2 is 1.88 bits per heavy atom. The molecule has 3 rings (SSSR count). The summed E-state index contributed by atoms with van der Waals surface area (Å²) in [5, 5.41) is 11.4. The molecular weight excluding hydrogens is 318 g/mol. The summed E-state index contributed by atoms with van der Waals surface area (Å²) in [5.41, 5.74) is 0.939. The Labute approximate surface area is 147 Å². The number of benzene rings is 2. The van der Waals surface area contributed by atoms with Gasteiger partial charge in [-0.05, 0) is 48.7 Å². The van der Waals surface area contributed by atoms with Crippen molar-refractivity contribution in [2.24, 2.45) is 5.92 Å². The van der Waals surface area contributed by atoms with E-state index < -0.39 is 11.9 Å². The van der Waals surface area contributed by atoms with Crippen molar-refractivity contribution in [2.75, 3.05) is 13.7 Å². The zero-order valence-corrected chi connectivity index (χ0v) is 14.7. The lowest BCUT2D eigenvalue weighted by Gasteiger charge is -2.26. The highest BCUT2D eigenvalue weighted by Gasteiger charge is 2.39. The number of carbonyl (C=O) groups is 2. The van der Waals surface area contributed by atoms with Crippen LogP contribution in [-0.2, 0) is 9.59 Å². The van der Waals surface area contributed by atoms with Crippen LogP contribution >= 0.6 is 0 Å². The van der Waals surface area contributed by atoms with Gasteiger partial charge in [-0.25, -0.2) is 0 Å². The van der Waals surface area contributed by atoms with E-state index in [0.717, 1.165) is 22.1 Å². The van der Waals surface area contributed by atoms with Crippen molar-refractivity contribution in [1.82, 2.24) is 4.90 Å². The van der Waals surface area contributed by atoms with Crippen LogP contribution < -0.4 is 4.74 Å². The molecule has 25 heavy (non-hydrogen) atoms. The average Bonchev–Trinajstić information content (AvgIpc) is 3.01. The molecule has 0 saturated carbocycles. The predicted molar refractivity (Wildman–Crippen MR) is 95.8 cm³/mol. The fourth-order valence-corrected chi connectivity index (χ4v) is 3.61. The van der Waals surface area contributed by atoms with Gasteiger partial charge in [-0.2, -0.15) is 0 Å². The maximum absolute atomic E-state index is 12.9. The standard InChI is InChI=1S/C20H23NO4/c1-12(19(22)21-9-8-18(13(21)2)20(23)24)14-4-5-16-11-17(25-3)7-6-15(16)10-14/h4-7,10-13,18H,8-9H2,1-3H3,(H,23,24)/t12-,13?,18?/m0/s1. The number of rotatable bonds is 4. The molecule has 132 valence electrons. The Hall–Kier alpha value is -2.56. The first-order chi connectivity index (χ1) is 11.9. The first kappa shape index (κ1) is 17.3. The van der Waals surface area contributed by atoms with Crippen molar-refractivity contribution < 1.29 is 19.4 Å². The molecule has 1 aliphatic heterocycles. The summed E-state index contributed by atoms with van der Waals surface area (Å²) in [6.45, 7) is 4.21. The fourth-order valence-electron chi connectivity index (χ4n) is 3.61. The van der Waals surface area contributed by atoms with Crippen LogP contribution in [0.2, 0.25) is 0 Å². The van der Waals surface area contributed by atoms with E-state index in [2.05, 4.69) is 0 Å². The van der Waals surface area contributed by atoms with Gasteiger partial charge in [-0.15, -0.1) is 0 Å². The molecule has 1 fully saturated rings. The third kappa shape index (κ3) is 3.18. The first-order valence-electron chi connectivity index (χ1n) is 8.53.